The Kier molecular flexibility index (Phi) is 6.32. The minimum absolute atomic E-state index is 0.00805. The molecule has 0 bridgehead atoms. The van der Waals surface area contributed by atoms with Gasteiger partial charge in [-0.25, -0.2) is 0 Å². The standard InChI is InChI=1S/C26H25NO7/c1-4-33-20-9-8-17(12-15(20)2)24(29)22-23(16-7-10-21(32-3)19(28)13-16)27(26(31)25(22)30)14-18-6-5-11-34-18/h5-13,23,28-29H,4,14H2,1-3H3/b24-22-. The molecule has 1 aliphatic heterocycles. The Balaban J connectivity index is 1.86. The Morgan fingerprint density at radius 3 is 2.50 bits per heavy atom. The highest BCUT2D eigenvalue weighted by molar-refractivity contribution is 6.46. The summed E-state index contributed by atoms with van der Waals surface area (Å²) in [6.07, 6.45) is 1.48. The van der Waals surface area contributed by atoms with Crippen LogP contribution >= 0.6 is 0 Å². The summed E-state index contributed by atoms with van der Waals surface area (Å²) in [5.74, 6) is -0.687. The third-order valence-electron chi connectivity index (χ3n) is 5.71. The van der Waals surface area contributed by atoms with Crippen LogP contribution in [-0.2, 0) is 16.1 Å². The number of ketones is 1. The van der Waals surface area contributed by atoms with E-state index in [4.69, 9.17) is 13.9 Å². The van der Waals surface area contributed by atoms with E-state index in [0.717, 1.165) is 5.56 Å². The molecule has 8 heteroatoms. The lowest BCUT2D eigenvalue weighted by Crippen LogP contribution is -2.29. The highest BCUT2D eigenvalue weighted by Crippen LogP contribution is 2.42. The van der Waals surface area contributed by atoms with Crippen LogP contribution in [0.1, 0.15) is 35.4 Å². The van der Waals surface area contributed by atoms with Gasteiger partial charge in [0, 0.05) is 5.56 Å². The van der Waals surface area contributed by atoms with Crippen molar-refractivity contribution < 1.29 is 33.7 Å². The first-order valence-electron chi connectivity index (χ1n) is 10.8. The highest BCUT2D eigenvalue weighted by atomic mass is 16.5. The molecule has 2 heterocycles. The van der Waals surface area contributed by atoms with E-state index in [9.17, 15) is 19.8 Å². The molecule has 1 atom stereocenters. The van der Waals surface area contributed by atoms with Crippen molar-refractivity contribution in [1.29, 1.82) is 0 Å². The van der Waals surface area contributed by atoms with E-state index in [2.05, 4.69) is 0 Å². The van der Waals surface area contributed by atoms with Gasteiger partial charge in [-0.1, -0.05) is 6.07 Å². The number of methoxy groups -OCH3 is 1. The van der Waals surface area contributed by atoms with E-state index in [1.807, 2.05) is 13.8 Å². The van der Waals surface area contributed by atoms with Crippen molar-refractivity contribution in [3.63, 3.8) is 0 Å². The van der Waals surface area contributed by atoms with Crippen molar-refractivity contribution in [3.8, 4) is 17.2 Å². The monoisotopic (exact) mass is 463 g/mol. The summed E-state index contributed by atoms with van der Waals surface area (Å²) in [6.45, 7) is 4.20. The number of aryl methyl sites for hydroxylation is 1. The molecule has 0 spiro atoms. The van der Waals surface area contributed by atoms with Crippen LogP contribution in [0.4, 0.5) is 0 Å². The number of aromatic hydroxyl groups is 1. The molecule has 1 unspecified atom stereocenters. The van der Waals surface area contributed by atoms with Crippen molar-refractivity contribution in [2.75, 3.05) is 13.7 Å². The molecule has 0 radical (unpaired) electrons. The van der Waals surface area contributed by atoms with Gasteiger partial charge in [0.15, 0.2) is 11.5 Å². The van der Waals surface area contributed by atoms with E-state index in [0.29, 0.717) is 29.2 Å². The number of hydrogen-bond acceptors (Lipinski definition) is 7. The van der Waals surface area contributed by atoms with Crippen molar-refractivity contribution >= 4 is 17.4 Å². The number of carbonyl (C=O) groups is 2. The zero-order valence-electron chi connectivity index (χ0n) is 19.1. The number of aliphatic hydroxyl groups is 1. The largest absolute Gasteiger partial charge is 0.507 e. The maximum Gasteiger partial charge on any atom is 0.296 e. The van der Waals surface area contributed by atoms with E-state index in [1.165, 1.54) is 24.3 Å². The van der Waals surface area contributed by atoms with Gasteiger partial charge in [0.25, 0.3) is 11.7 Å². The van der Waals surface area contributed by atoms with Crippen LogP contribution in [0.5, 0.6) is 17.2 Å². The lowest BCUT2D eigenvalue weighted by molar-refractivity contribution is -0.140. The molecule has 8 nitrogen and oxygen atoms in total. The van der Waals surface area contributed by atoms with Crippen molar-refractivity contribution in [2.24, 2.45) is 0 Å². The summed E-state index contributed by atoms with van der Waals surface area (Å²) in [4.78, 5) is 27.5. The summed E-state index contributed by atoms with van der Waals surface area (Å²) < 4.78 is 16.1. The minimum atomic E-state index is -0.950. The fourth-order valence-corrected chi connectivity index (χ4v) is 4.11. The zero-order chi connectivity index (χ0) is 24.4. The van der Waals surface area contributed by atoms with Gasteiger partial charge in [0.2, 0.25) is 0 Å². The van der Waals surface area contributed by atoms with Crippen molar-refractivity contribution in [1.82, 2.24) is 4.90 Å². The molecule has 4 rings (SSSR count). The van der Waals surface area contributed by atoms with Gasteiger partial charge >= 0.3 is 0 Å². The first kappa shape index (κ1) is 23.0. The molecule has 3 aromatic rings. The lowest BCUT2D eigenvalue weighted by atomic mass is 9.94. The second-order valence-corrected chi connectivity index (χ2v) is 7.85. The van der Waals surface area contributed by atoms with E-state index >= 15 is 0 Å². The number of benzene rings is 2. The molecule has 0 saturated carbocycles. The number of phenols is 1. The van der Waals surface area contributed by atoms with Crippen LogP contribution in [0.3, 0.4) is 0 Å². The van der Waals surface area contributed by atoms with Crippen molar-refractivity contribution in [2.45, 2.75) is 26.4 Å². The van der Waals surface area contributed by atoms with Gasteiger partial charge in [0.05, 0.1) is 38.1 Å². The number of phenolic OH excluding ortho intramolecular Hbond substituents is 1. The van der Waals surface area contributed by atoms with E-state index in [1.54, 1.807) is 42.5 Å². The number of aliphatic hydroxyl groups excluding tert-OH is 1. The second kappa shape index (κ2) is 9.35. The molecule has 1 saturated heterocycles. The summed E-state index contributed by atoms with van der Waals surface area (Å²) in [6, 6.07) is 12.1. The molecule has 1 fully saturated rings. The third kappa shape index (κ3) is 4.10. The molecule has 2 aromatic carbocycles. The van der Waals surface area contributed by atoms with Gasteiger partial charge in [-0.15, -0.1) is 0 Å². The van der Waals surface area contributed by atoms with Crippen molar-refractivity contribution in [3.05, 3.63) is 82.8 Å². The molecule has 1 aromatic heterocycles. The number of likely N-dealkylation sites (tertiary alicyclic amines) is 1. The molecule has 0 aliphatic carbocycles. The summed E-state index contributed by atoms with van der Waals surface area (Å²) in [7, 11) is 1.42. The smallest absolute Gasteiger partial charge is 0.296 e. The lowest BCUT2D eigenvalue weighted by Gasteiger charge is -2.25. The topological polar surface area (TPSA) is 109 Å². The number of rotatable bonds is 7. The second-order valence-electron chi connectivity index (χ2n) is 7.85. The summed E-state index contributed by atoms with van der Waals surface area (Å²) in [5.41, 5.74) is 1.51. The van der Waals surface area contributed by atoms with Crippen LogP contribution in [0.2, 0.25) is 0 Å². The number of nitrogens with zero attached hydrogens (tertiary/aromatic N) is 1. The normalized spacial score (nSPS) is 17.3. The van der Waals surface area contributed by atoms with Crippen LogP contribution < -0.4 is 9.47 Å². The average Bonchev–Trinajstić information content (AvgIpc) is 3.42. The molecule has 2 N–H and O–H groups in total. The van der Waals surface area contributed by atoms with Crippen LogP contribution in [0.25, 0.3) is 5.76 Å². The van der Waals surface area contributed by atoms with Crippen LogP contribution in [0.15, 0.2) is 64.8 Å². The maximum atomic E-state index is 13.2. The number of hydrogen-bond donors (Lipinski definition) is 2. The molecular weight excluding hydrogens is 438 g/mol. The van der Waals surface area contributed by atoms with Gasteiger partial charge < -0.3 is 29.0 Å². The number of furan rings is 1. The summed E-state index contributed by atoms with van der Waals surface area (Å²) >= 11 is 0. The number of Topliss-reactive ketones (excluding diaryl/α,β-unsaturated/α-hetero) is 1. The Labute approximate surface area is 196 Å². The van der Waals surface area contributed by atoms with E-state index in [-0.39, 0.29) is 29.4 Å². The predicted octanol–water partition coefficient (Wildman–Crippen LogP) is 4.32. The van der Waals surface area contributed by atoms with E-state index < -0.39 is 17.7 Å². The minimum Gasteiger partial charge on any atom is -0.507 e. The molecular formula is C26H25NO7. The van der Waals surface area contributed by atoms with Gasteiger partial charge in [0.1, 0.15) is 17.3 Å². The van der Waals surface area contributed by atoms with Gasteiger partial charge in [-0.05, 0) is 67.4 Å². The average molecular weight is 463 g/mol. The Morgan fingerprint density at radius 2 is 1.88 bits per heavy atom. The SMILES string of the molecule is CCOc1ccc(/C(O)=C2/C(=O)C(=O)N(Cc3ccco3)C2c2ccc(OC)c(O)c2)cc1C. The number of ether oxygens (including phenoxy) is 2. The molecule has 1 amide bonds. The quantitative estimate of drug-likeness (QED) is 0.305. The molecule has 34 heavy (non-hydrogen) atoms. The third-order valence-corrected chi connectivity index (χ3v) is 5.71. The van der Waals surface area contributed by atoms with Crippen LogP contribution in [0, 0.1) is 6.92 Å². The predicted molar refractivity (Wildman–Crippen MR) is 124 cm³/mol. The fourth-order valence-electron chi connectivity index (χ4n) is 4.11. The van der Waals surface area contributed by atoms with Gasteiger partial charge in [-0.2, -0.15) is 0 Å². The first-order chi connectivity index (χ1) is 16.3. The Bertz CT molecular complexity index is 1260. The Morgan fingerprint density at radius 1 is 1.12 bits per heavy atom. The van der Waals surface area contributed by atoms with Gasteiger partial charge in [-0.3, -0.25) is 9.59 Å². The first-order valence-corrected chi connectivity index (χ1v) is 10.8. The zero-order valence-corrected chi connectivity index (χ0v) is 19.1. The summed E-state index contributed by atoms with van der Waals surface area (Å²) in [5, 5.41) is 21.6. The fraction of sp³-hybridized carbons (Fsp3) is 0.231. The number of amides is 1. The Hall–Kier alpha value is -4.20. The number of carbonyl (C=O) groups excluding carboxylic acids is 2. The molecule has 176 valence electrons. The maximum absolute atomic E-state index is 13.2. The molecule has 1 aliphatic rings. The highest BCUT2D eigenvalue weighted by Gasteiger charge is 2.46. The van der Waals surface area contributed by atoms with Crippen LogP contribution in [-0.4, -0.2) is 40.5 Å².